The van der Waals surface area contributed by atoms with Gasteiger partial charge in [0.25, 0.3) is 0 Å². The Kier molecular flexibility index (Phi) is 4.26. The van der Waals surface area contributed by atoms with Gasteiger partial charge >= 0.3 is 0 Å². The van der Waals surface area contributed by atoms with Crippen LogP contribution in [0, 0.1) is 12.8 Å². The van der Waals surface area contributed by atoms with E-state index in [1.165, 1.54) is 36.8 Å². The number of rotatable bonds is 3. The van der Waals surface area contributed by atoms with Gasteiger partial charge in [-0.15, -0.1) is 0 Å². The lowest BCUT2D eigenvalue weighted by Crippen LogP contribution is -2.54. The lowest BCUT2D eigenvalue weighted by Gasteiger charge is -2.48. The van der Waals surface area contributed by atoms with E-state index in [-0.39, 0.29) is 11.6 Å². The summed E-state index contributed by atoms with van der Waals surface area (Å²) in [6, 6.07) is 2.23. The first-order valence-electron chi connectivity index (χ1n) is 7.30. The Morgan fingerprint density at radius 3 is 2.47 bits per heavy atom. The maximum atomic E-state index is 6.64. The van der Waals surface area contributed by atoms with E-state index in [0.29, 0.717) is 0 Å². The Morgan fingerprint density at radius 2 is 1.95 bits per heavy atom. The maximum Gasteiger partial charge on any atom is 0.0497 e. The van der Waals surface area contributed by atoms with Crippen molar-refractivity contribution in [1.82, 2.24) is 9.88 Å². The molecule has 1 aromatic rings. The smallest absolute Gasteiger partial charge is 0.0497 e. The van der Waals surface area contributed by atoms with E-state index in [1.54, 1.807) is 0 Å². The third-order valence-corrected chi connectivity index (χ3v) is 4.86. The average Bonchev–Trinajstić information content (AvgIpc) is 2.39. The zero-order valence-corrected chi connectivity index (χ0v) is 12.7. The van der Waals surface area contributed by atoms with Crippen LogP contribution in [0.3, 0.4) is 0 Å². The van der Waals surface area contributed by atoms with Gasteiger partial charge in [0.05, 0.1) is 0 Å². The van der Waals surface area contributed by atoms with Gasteiger partial charge in [-0.25, -0.2) is 0 Å². The van der Waals surface area contributed by atoms with Crippen LogP contribution in [0.5, 0.6) is 0 Å². The zero-order valence-electron chi connectivity index (χ0n) is 12.7. The number of hydrogen-bond acceptors (Lipinski definition) is 3. The van der Waals surface area contributed by atoms with Crippen LogP contribution in [-0.4, -0.2) is 29.5 Å². The van der Waals surface area contributed by atoms with Crippen molar-refractivity contribution in [3.05, 3.63) is 29.6 Å². The molecule has 0 bridgehead atoms. The fourth-order valence-corrected chi connectivity index (χ4v) is 3.36. The molecular weight excluding hydrogens is 234 g/mol. The molecule has 19 heavy (non-hydrogen) atoms. The summed E-state index contributed by atoms with van der Waals surface area (Å²) in [7, 11) is 4.33. The molecule has 1 aliphatic carbocycles. The molecule has 0 aliphatic heterocycles. The number of hydrogen-bond donors (Lipinski definition) is 1. The van der Waals surface area contributed by atoms with Crippen molar-refractivity contribution in [2.45, 2.75) is 51.1 Å². The summed E-state index contributed by atoms with van der Waals surface area (Å²) in [5.41, 5.74) is 9.08. The van der Waals surface area contributed by atoms with Gasteiger partial charge in [-0.3, -0.25) is 4.98 Å². The predicted octanol–water partition coefficient (Wildman–Crippen LogP) is 2.90. The van der Waals surface area contributed by atoms with Gasteiger partial charge in [0.1, 0.15) is 0 Å². The van der Waals surface area contributed by atoms with E-state index in [9.17, 15) is 0 Å². The quantitative estimate of drug-likeness (QED) is 0.909. The Labute approximate surface area is 117 Å². The van der Waals surface area contributed by atoms with Crippen molar-refractivity contribution in [3.8, 4) is 0 Å². The molecule has 1 unspecified atom stereocenters. The third kappa shape index (κ3) is 2.82. The van der Waals surface area contributed by atoms with Gasteiger partial charge in [0, 0.05) is 24.0 Å². The first kappa shape index (κ1) is 14.5. The molecular formula is C16H27N3. The average molecular weight is 261 g/mol. The highest BCUT2D eigenvalue weighted by Crippen LogP contribution is 2.42. The van der Waals surface area contributed by atoms with Crippen molar-refractivity contribution in [3.63, 3.8) is 0 Å². The monoisotopic (exact) mass is 261 g/mol. The molecule has 0 aromatic carbocycles. The molecule has 0 saturated heterocycles. The molecule has 1 aromatic heterocycles. The summed E-state index contributed by atoms with van der Waals surface area (Å²) < 4.78 is 0. The summed E-state index contributed by atoms with van der Waals surface area (Å²) in [5.74, 6) is 0.830. The minimum Gasteiger partial charge on any atom is -0.322 e. The maximum absolute atomic E-state index is 6.64. The van der Waals surface area contributed by atoms with Crippen LogP contribution < -0.4 is 5.73 Å². The minimum absolute atomic E-state index is 0.0439. The van der Waals surface area contributed by atoms with Gasteiger partial charge < -0.3 is 10.6 Å². The van der Waals surface area contributed by atoms with Crippen molar-refractivity contribution < 1.29 is 0 Å². The lowest BCUT2D eigenvalue weighted by atomic mass is 9.70. The molecule has 1 saturated carbocycles. The first-order chi connectivity index (χ1) is 8.95. The van der Waals surface area contributed by atoms with Crippen LogP contribution in [0.2, 0.25) is 0 Å². The first-order valence-corrected chi connectivity index (χ1v) is 7.30. The molecule has 1 heterocycles. The highest BCUT2D eigenvalue weighted by atomic mass is 15.2. The van der Waals surface area contributed by atoms with Gasteiger partial charge in [0.2, 0.25) is 0 Å². The number of pyridine rings is 1. The molecule has 0 radical (unpaired) electrons. The lowest BCUT2D eigenvalue weighted by molar-refractivity contribution is 0.0563. The van der Waals surface area contributed by atoms with Crippen molar-refractivity contribution >= 4 is 0 Å². The van der Waals surface area contributed by atoms with Crippen LogP contribution in [0.4, 0.5) is 0 Å². The van der Waals surface area contributed by atoms with Gasteiger partial charge in [0.15, 0.2) is 0 Å². The third-order valence-electron chi connectivity index (χ3n) is 4.86. The molecule has 1 aliphatic rings. The topological polar surface area (TPSA) is 42.1 Å². The van der Waals surface area contributed by atoms with E-state index in [2.05, 4.69) is 43.9 Å². The number of aryl methyl sites for hydroxylation is 1. The van der Waals surface area contributed by atoms with E-state index < -0.39 is 0 Å². The van der Waals surface area contributed by atoms with Crippen molar-refractivity contribution in [1.29, 1.82) is 0 Å². The number of nitrogens with two attached hydrogens (primary N) is 1. The molecule has 106 valence electrons. The van der Waals surface area contributed by atoms with E-state index >= 15 is 0 Å². The van der Waals surface area contributed by atoms with Crippen LogP contribution in [-0.2, 0) is 0 Å². The Balaban J connectivity index is 2.29. The Hall–Kier alpha value is -0.930. The fraction of sp³-hybridized carbons (Fsp3) is 0.688. The van der Waals surface area contributed by atoms with Crippen molar-refractivity contribution in [2.75, 3.05) is 14.1 Å². The summed E-state index contributed by atoms with van der Waals surface area (Å²) in [6.07, 6.45) is 8.71. The standard InChI is InChI=1S/C16H27N3/c1-12-5-7-16(8-6-12,19(3)4)15(17)14-9-13(2)10-18-11-14/h9-12,15H,5-8,17H2,1-4H3. The molecule has 2 N–H and O–H groups in total. The molecule has 3 nitrogen and oxygen atoms in total. The van der Waals surface area contributed by atoms with Crippen LogP contribution >= 0.6 is 0 Å². The van der Waals surface area contributed by atoms with E-state index in [4.69, 9.17) is 5.73 Å². The minimum atomic E-state index is 0.0439. The number of likely N-dealkylation sites (N-methyl/N-ethyl adjacent to an activating group) is 1. The molecule has 2 rings (SSSR count). The summed E-state index contributed by atoms with van der Waals surface area (Å²) in [4.78, 5) is 6.65. The second-order valence-corrected chi connectivity index (χ2v) is 6.45. The summed E-state index contributed by atoms with van der Waals surface area (Å²) in [6.45, 7) is 4.42. The van der Waals surface area contributed by atoms with Crippen LogP contribution in [0.15, 0.2) is 18.5 Å². The van der Waals surface area contributed by atoms with Gasteiger partial charge in [-0.05, 0) is 63.7 Å². The zero-order chi connectivity index (χ0) is 14.0. The second-order valence-electron chi connectivity index (χ2n) is 6.45. The number of aromatic nitrogens is 1. The Bertz CT molecular complexity index is 420. The summed E-state index contributed by atoms with van der Waals surface area (Å²) in [5, 5.41) is 0. The molecule has 0 spiro atoms. The van der Waals surface area contributed by atoms with Crippen LogP contribution in [0.1, 0.15) is 49.8 Å². The van der Waals surface area contributed by atoms with E-state index in [0.717, 1.165) is 5.92 Å². The van der Waals surface area contributed by atoms with Crippen molar-refractivity contribution in [2.24, 2.45) is 11.7 Å². The molecule has 1 atom stereocenters. The van der Waals surface area contributed by atoms with Gasteiger partial charge in [-0.1, -0.05) is 13.0 Å². The summed E-state index contributed by atoms with van der Waals surface area (Å²) >= 11 is 0. The SMILES string of the molecule is Cc1cncc(C(N)C2(N(C)C)CCC(C)CC2)c1. The van der Waals surface area contributed by atoms with Crippen LogP contribution in [0.25, 0.3) is 0 Å². The Morgan fingerprint density at radius 1 is 1.32 bits per heavy atom. The highest BCUT2D eigenvalue weighted by molar-refractivity contribution is 5.24. The van der Waals surface area contributed by atoms with Gasteiger partial charge in [-0.2, -0.15) is 0 Å². The second kappa shape index (κ2) is 5.59. The highest BCUT2D eigenvalue weighted by Gasteiger charge is 2.42. The largest absolute Gasteiger partial charge is 0.322 e. The predicted molar refractivity (Wildman–Crippen MR) is 80.0 cm³/mol. The van der Waals surface area contributed by atoms with E-state index in [1.807, 2.05) is 12.4 Å². The number of nitrogens with zero attached hydrogens (tertiary/aromatic N) is 2. The molecule has 1 fully saturated rings. The molecule has 3 heteroatoms. The molecule has 0 amide bonds. The normalized spacial score (nSPS) is 29.5. The fourth-order valence-electron chi connectivity index (χ4n) is 3.36.